The molecule has 272 valence electrons. The zero-order valence-electron chi connectivity index (χ0n) is 28.7. The van der Waals surface area contributed by atoms with E-state index in [0.29, 0.717) is 52.7 Å². The fourth-order valence-electron chi connectivity index (χ4n) is 6.47. The first kappa shape index (κ1) is 36.3. The third kappa shape index (κ3) is 7.70. The Morgan fingerprint density at radius 1 is 1.08 bits per heavy atom. The predicted molar refractivity (Wildman–Crippen MR) is 182 cm³/mol. The lowest BCUT2D eigenvalue weighted by molar-refractivity contribution is -0.141. The zero-order valence-corrected chi connectivity index (χ0v) is 28.7. The van der Waals surface area contributed by atoms with Gasteiger partial charge < -0.3 is 15.5 Å². The minimum atomic E-state index is -4.79. The Bertz CT molecular complexity index is 2100. The van der Waals surface area contributed by atoms with Crippen molar-refractivity contribution in [1.82, 2.24) is 34.9 Å². The third-order valence-electron chi connectivity index (χ3n) is 9.14. The van der Waals surface area contributed by atoms with Crippen molar-refractivity contribution < 1.29 is 36.7 Å². The van der Waals surface area contributed by atoms with E-state index in [1.165, 1.54) is 18.5 Å². The first-order valence-corrected chi connectivity index (χ1v) is 16.7. The second kappa shape index (κ2) is 14.2. The second-order valence-corrected chi connectivity index (χ2v) is 13.2. The maximum atomic E-state index is 16.5. The van der Waals surface area contributed by atoms with Crippen LogP contribution in [0.1, 0.15) is 65.6 Å². The van der Waals surface area contributed by atoms with Gasteiger partial charge in [0.1, 0.15) is 35.5 Å². The van der Waals surface area contributed by atoms with Crippen LogP contribution < -0.4 is 10.6 Å². The van der Waals surface area contributed by atoms with Crippen LogP contribution in [0.2, 0.25) is 0 Å². The summed E-state index contributed by atoms with van der Waals surface area (Å²) in [6.45, 7) is 3.01. The molecule has 2 N–H and O–H groups in total. The van der Waals surface area contributed by atoms with E-state index in [1.54, 1.807) is 25.4 Å². The molecule has 1 saturated heterocycles. The van der Waals surface area contributed by atoms with Gasteiger partial charge in [-0.25, -0.2) is 9.37 Å². The van der Waals surface area contributed by atoms with E-state index in [4.69, 9.17) is 0 Å². The number of nitrogens with one attached hydrogen (secondary N) is 2. The number of halogens is 4. The molecule has 12 nitrogen and oxygen atoms in total. The second-order valence-electron chi connectivity index (χ2n) is 13.2. The van der Waals surface area contributed by atoms with Gasteiger partial charge in [-0.05, 0) is 62.4 Å². The van der Waals surface area contributed by atoms with Gasteiger partial charge in [0, 0.05) is 36.9 Å². The summed E-state index contributed by atoms with van der Waals surface area (Å²) in [6.07, 6.45) is 3.22. The lowest BCUT2D eigenvalue weighted by atomic mass is 9.99. The van der Waals surface area contributed by atoms with Gasteiger partial charge in [-0.15, -0.1) is 0 Å². The van der Waals surface area contributed by atoms with Crippen LogP contribution in [0.15, 0.2) is 48.8 Å². The molecule has 6 rings (SSSR count). The van der Waals surface area contributed by atoms with Gasteiger partial charge in [0.05, 0.1) is 36.2 Å². The quantitative estimate of drug-likeness (QED) is 0.169. The lowest BCUT2D eigenvalue weighted by Gasteiger charge is -2.24. The largest absolute Gasteiger partial charge is 0.433 e. The Hall–Kier alpha value is -5.54. The van der Waals surface area contributed by atoms with Gasteiger partial charge in [0.2, 0.25) is 17.7 Å². The maximum absolute atomic E-state index is 16.5. The highest BCUT2D eigenvalue weighted by atomic mass is 19.4. The third-order valence-corrected chi connectivity index (χ3v) is 9.14. The number of carbonyl (C=O) groups excluding carboxylic acids is 4. The van der Waals surface area contributed by atoms with E-state index in [2.05, 4.69) is 30.7 Å². The number of rotatable bonds is 4. The van der Waals surface area contributed by atoms with Crippen LogP contribution in [0.25, 0.3) is 22.2 Å². The van der Waals surface area contributed by atoms with Crippen LogP contribution >= 0.6 is 0 Å². The molecule has 0 saturated carbocycles. The summed E-state index contributed by atoms with van der Waals surface area (Å²) in [5.41, 5.74) is -0.0711. The summed E-state index contributed by atoms with van der Waals surface area (Å²) in [4.78, 5) is 66.8. The summed E-state index contributed by atoms with van der Waals surface area (Å²) in [5.74, 6) is -2.85. The van der Waals surface area contributed by atoms with E-state index in [9.17, 15) is 32.3 Å². The molecule has 0 spiro atoms. The van der Waals surface area contributed by atoms with Gasteiger partial charge in [0.25, 0.3) is 0 Å². The number of nitrogens with zero attached hydrogens (tertiary/aromatic N) is 6. The van der Waals surface area contributed by atoms with Gasteiger partial charge in [0.15, 0.2) is 5.78 Å². The summed E-state index contributed by atoms with van der Waals surface area (Å²) in [7, 11) is 0. The van der Waals surface area contributed by atoms with E-state index in [1.807, 2.05) is 18.2 Å². The molecule has 52 heavy (non-hydrogen) atoms. The van der Waals surface area contributed by atoms with Crippen LogP contribution in [-0.4, -0.2) is 77.9 Å². The van der Waals surface area contributed by atoms with Crippen LogP contribution in [0.5, 0.6) is 0 Å². The number of benzene rings is 1. The monoisotopic (exact) mass is 720 g/mol. The minimum absolute atomic E-state index is 0.0914. The fraction of sp³-hybridized carbons (Fsp3) is 0.389. The molecule has 16 heteroatoms. The molecule has 2 atom stereocenters. The van der Waals surface area contributed by atoms with Crippen molar-refractivity contribution >= 4 is 40.2 Å². The smallest absolute Gasteiger partial charge is 0.353 e. The normalized spacial score (nSPS) is 20.8. The molecule has 1 aromatic carbocycles. The number of allylic oxidation sites excluding steroid dienone is 2. The van der Waals surface area contributed by atoms with Crippen LogP contribution in [0.3, 0.4) is 0 Å². The lowest BCUT2D eigenvalue weighted by Crippen LogP contribution is -2.45. The molecular formula is C36H36F4N8O4. The average molecular weight is 721 g/mol. The standard InChI is InChI=1S/C36H36F4N8O4/c1-20-10-11-28(36(38,39)40)44-33(20)45-34(52)27-14-35(37)18-43-29(50)9-7-5-4-6-8-23-12-24(26-16-41-21(2)15-42-26)13-25-31(22(3)49)46-48(32(23)25)17-30(51)47(27)19-35/h4,6,10-13,15-16,27H,5,7-9,14,17-19H2,1-3H3,(H,43,50)(H,44,45,52)/b6-4-/t27-,35-/m0/s1. The van der Waals surface area contributed by atoms with E-state index >= 15 is 4.39 Å². The Morgan fingerprint density at radius 3 is 2.58 bits per heavy atom. The number of hydrogen-bond donors (Lipinski definition) is 2. The number of amides is 3. The van der Waals surface area contributed by atoms with E-state index < -0.39 is 67.4 Å². The number of pyridine rings is 1. The number of ketones is 1. The summed E-state index contributed by atoms with van der Waals surface area (Å²) >= 11 is 0. The molecule has 0 unspecified atom stereocenters. The molecule has 2 aliphatic heterocycles. The van der Waals surface area contributed by atoms with Crippen molar-refractivity contribution in [3.05, 3.63) is 77.0 Å². The summed E-state index contributed by atoms with van der Waals surface area (Å²) in [6, 6.07) is 4.05. The number of aromatic nitrogens is 5. The van der Waals surface area contributed by atoms with Crippen molar-refractivity contribution in [2.75, 3.05) is 18.4 Å². The number of carbonyl (C=O) groups is 4. The molecular weight excluding hydrogens is 684 g/mol. The molecule has 2 bridgehead atoms. The number of aryl methyl sites for hydroxylation is 2. The maximum Gasteiger partial charge on any atom is 0.433 e. The van der Waals surface area contributed by atoms with Gasteiger partial charge in [-0.2, -0.15) is 18.3 Å². The first-order chi connectivity index (χ1) is 24.6. The highest BCUT2D eigenvalue weighted by Gasteiger charge is 2.50. The Kier molecular flexibility index (Phi) is 9.92. The molecule has 3 amide bonds. The SMILES string of the molecule is CC(=O)c1nn2c3c(cc(-c4cnc(C)cn4)cc13)C/C=C\CCCC(=O)NC[C@@]1(F)C[C@@H](C(=O)Nc3nc(C(F)(F)F)ccc3C)N(C1)C(=O)C2. The zero-order chi connectivity index (χ0) is 37.4. The fourth-order valence-corrected chi connectivity index (χ4v) is 6.47. The molecule has 4 aromatic rings. The molecule has 0 radical (unpaired) electrons. The van der Waals surface area contributed by atoms with Crippen LogP contribution in [0.4, 0.5) is 23.4 Å². The van der Waals surface area contributed by atoms with Crippen molar-refractivity contribution in [2.24, 2.45) is 0 Å². The number of anilines is 1. The Morgan fingerprint density at radius 2 is 1.87 bits per heavy atom. The first-order valence-electron chi connectivity index (χ1n) is 16.7. The molecule has 5 heterocycles. The topological polar surface area (TPSA) is 152 Å². The Balaban J connectivity index is 1.42. The van der Waals surface area contributed by atoms with E-state index in [0.717, 1.165) is 17.0 Å². The van der Waals surface area contributed by atoms with Crippen molar-refractivity contribution in [1.29, 1.82) is 0 Å². The van der Waals surface area contributed by atoms with E-state index in [-0.39, 0.29) is 29.3 Å². The molecule has 2 aliphatic rings. The number of alkyl halides is 4. The Labute approximate surface area is 295 Å². The predicted octanol–water partition coefficient (Wildman–Crippen LogP) is 5.07. The number of Topliss-reactive ketones (excluding diaryl/α,β-unsaturated/α-hetero) is 1. The minimum Gasteiger partial charge on any atom is -0.353 e. The van der Waals surface area contributed by atoms with Crippen molar-refractivity contribution in [3.8, 4) is 11.3 Å². The summed E-state index contributed by atoms with van der Waals surface area (Å²) < 4.78 is 58.1. The number of fused-ring (bicyclic) bond motifs is 2. The highest BCUT2D eigenvalue weighted by Crippen LogP contribution is 2.35. The summed E-state index contributed by atoms with van der Waals surface area (Å²) in [5, 5.41) is 9.90. The highest BCUT2D eigenvalue weighted by molar-refractivity contribution is 6.07. The van der Waals surface area contributed by atoms with Crippen LogP contribution in [0, 0.1) is 13.8 Å². The van der Waals surface area contributed by atoms with Gasteiger partial charge >= 0.3 is 6.18 Å². The van der Waals surface area contributed by atoms with Crippen molar-refractivity contribution in [2.45, 2.75) is 77.3 Å². The van der Waals surface area contributed by atoms with Gasteiger partial charge in [-0.1, -0.05) is 18.2 Å². The molecule has 0 aliphatic carbocycles. The number of hydrogen-bond acceptors (Lipinski definition) is 8. The average Bonchev–Trinajstić information content (AvgIpc) is 3.64. The van der Waals surface area contributed by atoms with Crippen LogP contribution in [-0.2, 0) is 33.5 Å². The van der Waals surface area contributed by atoms with Crippen molar-refractivity contribution in [3.63, 3.8) is 0 Å². The molecule has 3 aromatic heterocycles. The van der Waals surface area contributed by atoms with Gasteiger partial charge in [-0.3, -0.25) is 33.8 Å². The molecule has 1 fully saturated rings.